The van der Waals surface area contributed by atoms with E-state index in [0.717, 1.165) is 11.3 Å². The van der Waals surface area contributed by atoms with Crippen molar-refractivity contribution in [3.05, 3.63) is 65.5 Å². The van der Waals surface area contributed by atoms with Crippen molar-refractivity contribution >= 4 is 0 Å². The Morgan fingerprint density at radius 3 is 2.48 bits per heavy atom. The van der Waals surface area contributed by atoms with Gasteiger partial charge in [-0.15, -0.1) is 0 Å². The van der Waals surface area contributed by atoms with E-state index in [4.69, 9.17) is 14.6 Å². The number of hydrogen-bond acceptors (Lipinski definition) is 4. The van der Waals surface area contributed by atoms with Crippen molar-refractivity contribution in [1.82, 2.24) is 5.32 Å². The van der Waals surface area contributed by atoms with E-state index < -0.39 is 0 Å². The van der Waals surface area contributed by atoms with Gasteiger partial charge in [-0.05, 0) is 12.1 Å². The van der Waals surface area contributed by atoms with Crippen LogP contribution in [-0.2, 0) is 17.9 Å². The average Bonchev–Trinajstić information content (AvgIpc) is 2.58. The highest BCUT2D eigenvalue weighted by Gasteiger charge is 2.05. The van der Waals surface area contributed by atoms with Gasteiger partial charge in [0.2, 0.25) is 0 Å². The quantitative estimate of drug-likeness (QED) is 0.661. The molecule has 124 valence electrons. The maximum Gasteiger partial charge on any atom is 0.129 e. The standard InChI is InChI=1S/C18H22FNO3/c19-17-7-3-1-6-16(17)14-23-18-8-4-2-5-15(18)13-20-9-11-22-12-10-21/h1-8,20-21H,9-14H2. The number of nitrogens with one attached hydrogen (secondary N) is 1. The molecule has 2 N–H and O–H groups in total. The van der Waals surface area contributed by atoms with E-state index >= 15 is 0 Å². The second kappa shape index (κ2) is 9.94. The van der Waals surface area contributed by atoms with E-state index in [2.05, 4.69) is 5.32 Å². The molecule has 0 amide bonds. The lowest BCUT2D eigenvalue weighted by atomic mass is 10.2. The van der Waals surface area contributed by atoms with Crippen LogP contribution in [0.3, 0.4) is 0 Å². The summed E-state index contributed by atoms with van der Waals surface area (Å²) in [6, 6.07) is 14.3. The first-order valence-corrected chi connectivity index (χ1v) is 7.64. The summed E-state index contributed by atoms with van der Waals surface area (Å²) in [7, 11) is 0. The zero-order valence-corrected chi connectivity index (χ0v) is 13.0. The molecule has 2 aromatic carbocycles. The lowest BCUT2D eigenvalue weighted by Crippen LogP contribution is -2.20. The molecule has 2 rings (SSSR count). The van der Waals surface area contributed by atoms with Crippen LogP contribution in [0.1, 0.15) is 11.1 Å². The van der Waals surface area contributed by atoms with E-state index in [0.29, 0.717) is 31.9 Å². The van der Waals surface area contributed by atoms with Gasteiger partial charge in [-0.2, -0.15) is 0 Å². The normalized spacial score (nSPS) is 10.7. The molecule has 0 aromatic heterocycles. The van der Waals surface area contributed by atoms with Crippen LogP contribution in [0.5, 0.6) is 5.75 Å². The molecule has 4 nitrogen and oxygen atoms in total. The van der Waals surface area contributed by atoms with E-state index in [-0.39, 0.29) is 19.0 Å². The minimum absolute atomic E-state index is 0.0344. The first-order valence-electron chi connectivity index (χ1n) is 7.64. The minimum atomic E-state index is -0.260. The molecule has 0 atom stereocenters. The van der Waals surface area contributed by atoms with E-state index in [9.17, 15) is 4.39 Å². The molecule has 0 bridgehead atoms. The van der Waals surface area contributed by atoms with Gasteiger partial charge < -0.3 is 19.9 Å². The van der Waals surface area contributed by atoms with Gasteiger partial charge in [-0.1, -0.05) is 36.4 Å². The zero-order chi connectivity index (χ0) is 16.3. The van der Waals surface area contributed by atoms with Crippen molar-refractivity contribution in [2.24, 2.45) is 0 Å². The smallest absolute Gasteiger partial charge is 0.129 e. The van der Waals surface area contributed by atoms with Crippen LogP contribution in [0.2, 0.25) is 0 Å². The third kappa shape index (κ3) is 5.98. The summed E-state index contributed by atoms with van der Waals surface area (Å²) in [4.78, 5) is 0. The number of aliphatic hydroxyl groups is 1. The number of rotatable bonds is 10. The monoisotopic (exact) mass is 319 g/mol. The first kappa shape index (κ1) is 17.4. The first-order chi connectivity index (χ1) is 11.3. The molecule has 0 aliphatic carbocycles. The molecule has 0 saturated carbocycles. The number of halogens is 1. The van der Waals surface area contributed by atoms with Crippen molar-refractivity contribution in [2.45, 2.75) is 13.2 Å². The Kier molecular flexibility index (Phi) is 7.52. The predicted octanol–water partition coefficient (Wildman–Crippen LogP) is 2.50. The Morgan fingerprint density at radius 2 is 1.70 bits per heavy atom. The van der Waals surface area contributed by atoms with Crippen molar-refractivity contribution < 1.29 is 19.0 Å². The van der Waals surface area contributed by atoms with Crippen LogP contribution in [-0.4, -0.2) is 31.5 Å². The van der Waals surface area contributed by atoms with Crippen LogP contribution in [0.4, 0.5) is 4.39 Å². The lowest BCUT2D eigenvalue weighted by molar-refractivity contribution is 0.0937. The van der Waals surface area contributed by atoms with Gasteiger partial charge in [0.1, 0.15) is 18.2 Å². The minimum Gasteiger partial charge on any atom is -0.488 e. The van der Waals surface area contributed by atoms with Gasteiger partial charge >= 0.3 is 0 Å². The summed E-state index contributed by atoms with van der Waals surface area (Å²) in [5.41, 5.74) is 1.54. The fraction of sp³-hybridized carbons (Fsp3) is 0.333. The summed E-state index contributed by atoms with van der Waals surface area (Å²) >= 11 is 0. The second-order valence-corrected chi connectivity index (χ2v) is 5.00. The zero-order valence-electron chi connectivity index (χ0n) is 13.0. The molecule has 5 heteroatoms. The number of hydrogen-bond donors (Lipinski definition) is 2. The van der Waals surface area contributed by atoms with Gasteiger partial charge in [-0.25, -0.2) is 4.39 Å². The molecule has 0 spiro atoms. The summed E-state index contributed by atoms with van der Waals surface area (Å²) < 4.78 is 24.6. The molecule has 0 unspecified atom stereocenters. The van der Waals surface area contributed by atoms with Crippen LogP contribution in [0.25, 0.3) is 0 Å². The summed E-state index contributed by atoms with van der Waals surface area (Å²) in [5.74, 6) is 0.476. The largest absolute Gasteiger partial charge is 0.488 e. The maximum absolute atomic E-state index is 13.6. The van der Waals surface area contributed by atoms with Gasteiger partial charge in [0.05, 0.1) is 19.8 Å². The lowest BCUT2D eigenvalue weighted by Gasteiger charge is -2.12. The van der Waals surface area contributed by atoms with Gasteiger partial charge in [0.25, 0.3) is 0 Å². The third-order valence-electron chi connectivity index (χ3n) is 3.29. The fourth-order valence-corrected chi connectivity index (χ4v) is 2.10. The molecule has 0 heterocycles. The van der Waals surface area contributed by atoms with Crippen molar-refractivity contribution in [1.29, 1.82) is 0 Å². The highest BCUT2D eigenvalue weighted by atomic mass is 19.1. The highest BCUT2D eigenvalue weighted by Crippen LogP contribution is 2.19. The number of para-hydroxylation sites is 1. The van der Waals surface area contributed by atoms with Crippen LogP contribution in [0.15, 0.2) is 48.5 Å². The number of benzene rings is 2. The van der Waals surface area contributed by atoms with Gasteiger partial charge in [0.15, 0.2) is 0 Å². The van der Waals surface area contributed by atoms with E-state index in [1.54, 1.807) is 18.2 Å². The summed E-state index contributed by atoms with van der Waals surface area (Å²) in [6.07, 6.45) is 0. The third-order valence-corrected chi connectivity index (χ3v) is 3.29. The molecular weight excluding hydrogens is 297 g/mol. The Bertz CT molecular complexity index is 592. The van der Waals surface area contributed by atoms with Crippen molar-refractivity contribution in [3.8, 4) is 5.75 Å². The molecule has 23 heavy (non-hydrogen) atoms. The Morgan fingerprint density at radius 1 is 0.957 bits per heavy atom. The van der Waals surface area contributed by atoms with Gasteiger partial charge in [-0.3, -0.25) is 0 Å². The Balaban J connectivity index is 1.84. The fourth-order valence-electron chi connectivity index (χ4n) is 2.10. The highest BCUT2D eigenvalue weighted by molar-refractivity contribution is 5.33. The predicted molar refractivity (Wildman–Crippen MR) is 86.8 cm³/mol. The van der Waals surface area contributed by atoms with Crippen LogP contribution >= 0.6 is 0 Å². The Labute approximate surface area is 135 Å². The topological polar surface area (TPSA) is 50.7 Å². The number of ether oxygens (including phenoxy) is 2. The number of aliphatic hydroxyl groups excluding tert-OH is 1. The van der Waals surface area contributed by atoms with Gasteiger partial charge in [0, 0.05) is 24.2 Å². The van der Waals surface area contributed by atoms with Crippen molar-refractivity contribution in [2.75, 3.05) is 26.4 Å². The molecule has 0 fully saturated rings. The average molecular weight is 319 g/mol. The molecular formula is C18H22FNO3. The molecule has 2 aromatic rings. The molecule has 0 radical (unpaired) electrons. The molecule has 0 saturated heterocycles. The van der Waals surface area contributed by atoms with Crippen LogP contribution < -0.4 is 10.1 Å². The van der Waals surface area contributed by atoms with Crippen molar-refractivity contribution in [3.63, 3.8) is 0 Å². The van der Waals surface area contributed by atoms with E-state index in [1.165, 1.54) is 6.07 Å². The SMILES string of the molecule is OCCOCCNCc1ccccc1OCc1ccccc1F. The van der Waals surface area contributed by atoms with Crippen LogP contribution in [0, 0.1) is 5.82 Å². The molecule has 0 aliphatic rings. The molecule has 0 aliphatic heterocycles. The maximum atomic E-state index is 13.6. The van der Waals surface area contributed by atoms with E-state index in [1.807, 2.05) is 24.3 Å². The summed E-state index contributed by atoms with van der Waals surface area (Å²) in [5, 5.41) is 11.9. The summed E-state index contributed by atoms with van der Waals surface area (Å²) in [6.45, 7) is 2.44. The second-order valence-electron chi connectivity index (χ2n) is 5.00. The Hall–Kier alpha value is -1.95.